The third kappa shape index (κ3) is 6.01. The van der Waals surface area contributed by atoms with Gasteiger partial charge in [0.05, 0.1) is 35.0 Å². The van der Waals surface area contributed by atoms with Gasteiger partial charge in [-0.1, -0.05) is 6.07 Å². The van der Waals surface area contributed by atoms with E-state index in [9.17, 15) is 33.2 Å². The second-order valence-electron chi connectivity index (χ2n) is 10.0. The van der Waals surface area contributed by atoms with Crippen molar-refractivity contribution in [2.24, 2.45) is 0 Å². The molecular formula is C27H27F3N6O5. The van der Waals surface area contributed by atoms with Gasteiger partial charge in [0.2, 0.25) is 0 Å². The SMILES string of the molecule is COc1cccc(F)c1-c1nc(Nc2cc(N3CCC[C@H](O)C3)c(C(=O)NC3CC(F)(F)C3)cn2)ccc1[N+](=O)[O-]. The number of nitro groups is 1. The van der Waals surface area contributed by atoms with Gasteiger partial charge < -0.3 is 25.4 Å². The largest absolute Gasteiger partial charge is 0.496 e. The summed E-state index contributed by atoms with van der Waals surface area (Å²) in [5.74, 6) is -3.77. The number of benzene rings is 1. The zero-order valence-electron chi connectivity index (χ0n) is 21.9. The van der Waals surface area contributed by atoms with Crippen molar-refractivity contribution in [2.75, 3.05) is 30.4 Å². The number of nitrogens with zero attached hydrogens (tertiary/aromatic N) is 4. The van der Waals surface area contributed by atoms with E-state index in [1.807, 2.05) is 4.90 Å². The number of carbonyl (C=O) groups excluding carboxylic acids is 1. The number of amides is 1. The second-order valence-corrected chi connectivity index (χ2v) is 10.0. The molecule has 1 atom stereocenters. The Bertz CT molecular complexity index is 1480. The van der Waals surface area contributed by atoms with E-state index in [0.717, 1.165) is 6.07 Å². The molecule has 1 saturated heterocycles. The Kier molecular flexibility index (Phi) is 7.67. The summed E-state index contributed by atoms with van der Waals surface area (Å²) in [6, 6.07) is 7.40. The minimum atomic E-state index is -2.80. The van der Waals surface area contributed by atoms with E-state index in [2.05, 4.69) is 20.6 Å². The lowest BCUT2D eigenvalue weighted by Gasteiger charge is -2.36. The number of halogens is 3. The number of hydrogen-bond acceptors (Lipinski definition) is 9. The maximum Gasteiger partial charge on any atom is 0.295 e. The molecule has 0 unspecified atom stereocenters. The molecule has 0 radical (unpaired) electrons. The average Bonchev–Trinajstić information content (AvgIpc) is 2.91. The predicted molar refractivity (Wildman–Crippen MR) is 143 cm³/mol. The summed E-state index contributed by atoms with van der Waals surface area (Å²) in [5, 5.41) is 27.5. The summed E-state index contributed by atoms with van der Waals surface area (Å²) >= 11 is 0. The molecule has 1 amide bonds. The minimum Gasteiger partial charge on any atom is -0.496 e. The monoisotopic (exact) mass is 572 g/mol. The Morgan fingerprint density at radius 3 is 2.71 bits per heavy atom. The molecular weight excluding hydrogens is 545 g/mol. The summed E-state index contributed by atoms with van der Waals surface area (Å²) in [7, 11) is 1.31. The van der Waals surface area contributed by atoms with E-state index >= 15 is 0 Å². The molecule has 1 aliphatic carbocycles. The van der Waals surface area contributed by atoms with Crippen molar-refractivity contribution in [3.05, 3.63) is 64.1 Å². The molecule has 2 aromatic heterocycles. The number of aromatic nitrogens is 2. The van der Waals surface area contributed by atoms with Crippen LogP contribution in [0.1, 0.15) is 36.0 Å². The number of carbonyl (C=O) groups is 1. The van der Waals surface area contributed by atoms with E-state index in [-0.39, 0.29) is 40.8 Å². The number of aliphatic hydroxyl groups is 1. The van der Waals surface area contributed by atoms with E-state index in [4.69, 9.17) is 4.74 Å². The molecule has 1 saturated carbocycles. The lowest BCUT2D eigenvalue weighted by Crippen LogP contribution is -2.50. The van der Waals surface area contributed by atoms with Crippen molar-refractivity contribution >= 4 is 28.9 Å². The highest BCUT2D eigenvalue weighted by Gasteiger charge is 2.46. The maximum atomic E-state index is 14.8. The van der Waals surface area contributed by atoms with Crippen molar-refractivity contribution in [2.45, 2.75) is 43.8 Å². The zero-order chi connectivity index (χ0) is 29.3. The van der Waals surface area contributed by atoms with E-state index in [1.54, 1.807) is 6.07 Å². The number of pyridine rings is 2. The number of nitrogens with one attached hydrogen (secondary N) is 2. The van der Waals surface area contributed by atoms with Crippen molar-refractivity contribution in [3.8, 4) is 17.0 Å². The Hall–Kier alpha value is -4.46. The van der Waals surface area contributed by atoms with Crippen LogP contribution >= 0.6 is 0 Å². The van der Waals surface area contributed by atoms with Gasteiger partial charge in [-0.05, 0) is 31.0 Å². The second kappa shape index (κ2) is 11.2. The highest BCUT2D eigenvalue weighted by atomic mass is 19.3. The van der Waals surface area contributed by atoms with Crippen LogP contribution in [0, 0.1) is 15.9 Å². The molecule has 1 aromatic carbocycles. The summed E-state index contributed by atoms with van der Waals surface area (Å²) < 4.78 is 46.6. The van der Waals surface area contributed by atoms with E-state index in [0.29, 0.717) is 25.1 Å². The smallest absolute Gasteiger partial charge is 0.295 e. The molecule has 216 valence electrons. The van der Waals surface area contributed by atoms with Crippen LogP contribution in [0.5, 0.6) is 5.75 Å². The van der Waals surface area contributed by atoms with Crippen molar-refractivity contribution in [1.82, 2.24) is 15.3 Å². The highest BCUT2D eigenvalue weighted by molar-refractivity contribution is 6.00. The number of alkyl halides is 2. The normalized spacial score (nSPS) is 18.4. The maximum absolute atomic E-state index is 14.8. The number of aliphatic hydroxyl groups excluding tert-OH is 1. The van der Waals surface area contributed by atoms with E-state index in [1.165, 1.54) is 37.6 Å². The third-order valence-corrected chi connectivity index (χ3v) is 7.05. The lowest BCUT2D eigenvalue weighted by molar-refractivity contribution is -0.384. The number of ether oxygens (including phenoxy) is 1. The van der Waals surface area contributed by atoms with Crippen LogP contribution in [0.2, 0.25) is 0 Å². The molecule has 3 aromatic rings. The Labute approximate surface area is 232 Å². The Balaban J connectivity index is 1.48. The minimum absolute atomic E-state index is 0.0569. The number of methoxy groups -OCH3 is 1. The van der Waals surface area contributed by atoms with Gasteiger partial charge in [-0.3, -0.25) is 14.9 Å². The highest BCUT2D eigenvalue weighted by Crippen LogP contribution is 2.39. The van der Waals surface area contributed by atoms with Crippen molar-refractivity contribution in [1.29, 1.82) is 0 Å². The van der Waals surface area contributed by atoms with Gasteiger partial charge in [0, 0.05) is 50.3 Å². The van der Waals surface area contributed by atoms with Crippen LogP contribution in [-0.2, 0) is 0 Å². The molecule has 3 N–H and O–H groups in total. The van der Waals surface area contributed by atoms with Crippen LogP contribution < -0.4 is 20.3 Å². The molecule has 41 heavy (non-hydrogen) atoms. The number of β-amino-alcohol motifs (C(OH)–C–C–N with tert-alkyl or cyclic N) is 1. The van der Waals surface area contributed by atoms with Gasteiger partial charge in [0.1, 0.15) is 23.2 Å². The fourth-order valence-electron chi connectivity index (χ4n) is 5.04. The number of piperidine rings is 1. The number of hydrogen-bond donors (Lipinski definition) is 3. The molecule has 0 spiro atoms. The molecule has 1 aliphatic heterocycles. The molecule has 14 heteroatoms. The van der Waals surface area contributed by atoms with E-state index < -0.39 is 53.2 Å². The van der Waals surface area contributed by atoms with Gasteiger partial charge in [0.25, 0.3) is 17.5 Å². The van der Waals surface area contributed by atoms with Crippen molar-refractivity contribution < 1.29 is 32.7 Å². The third-order valence-electron chi connectivity index (χ3n) is 7.05. The van der Waals surface area contributed by atoms with Crippen LogP contribution in [0.4, 0.5) is 36.2 Å². The van der Waals surface area contributed by atoms with Gasteiger partial charge in [0.15, 0.2) is 5.69 Å². The fourth-order valence-corrected chi connectivity index (χ4v) is 5.04. The predicted octanol–water partition coefficient (Wildman–Crippen LogP) is 4.43. The number of rotatable bonds is 8. The molecule has 2 fully saturated rings. The van der Waals surface area contributed by atoms with Crippen LogP contribution in [0.3, 0.4) is 0 Å². The van der Waals surface area contributed by atoms with Crippen LogP contribution in [0.15, 0.2) is 42.6 Å². The quantitative estimate of drug-likeness (QED) is 0.264. The van der Waals surface area contributed by atoms with Gasteiger partial charge >= 0.3 is 0 Å². The Morgan fingerprint density at radius 2 is 2.02 bits per heavy atom. The fraction of sp³-hybridized carbons (Fsp3) is 0.370. The average molecular weight is 573 g/mol. The zero-order valence-corrected chi connectivity index (χ0v) is 21.9. The molecule has 2 aliphatic rings. The van der Waals surface area contributed by atoms with Crippen molar-refractivity contribution in [3.63, 3.8) is 0 Å². The first-order valence-corrected chi connectivity index (χ1v) is 12.9. The molecule has 5 rings (SSSR count). The van der Waals surface area contributed by atoms with Crippen LogP contribution in [-0.4, -0.2) is 64.2 Å². The summed E-state index contributed by atoms with van der Waals surface area (Å²) in [6.45, 7) is 0.785. The molecule has 3 heterocycles. The van der Waals surface area contributed by atoms with Gasteiger partial charge in [-0.15, -0.1) is 0 Å². The first kappa shape index (κ1) is 28.1. The standard InChI is InChI=1S/C27H27F3N6O5/c1-41-21-6-2-5-18(28)24(21)25-19(36(39)40)7-8-22(34-25)33-23-10-20(35-9-3-4-16(37)14-35)17(13-31-23)26(38)32-15-11-27(29,30)12-15/h2,5-8,10,13,15-16,37H,3-4,9,11-12,14H2,1H3,(H,32,38)(H,31,33,34)/t16-/m0/s1. The number of anilines is 3. The Morgan fingerprint density at radius 1 is 1.24 bits per heavy atom. The molecule has 11 nitrogen and oxygen atoms in total. The first-order valence-electron chi connectivity index (χ1n) is 12.9. The summed E-state index contributed by atoms with van der Waals surface area (Å²) in [5.41, 5.74) is -0.322. The van der Waals surface area contributed by atoms with Crippen LogP contribution in [0.25, 0.3) is 11.3 Å². The topological polar surface area (TPSA) is 143 Å². The first-order chi connectivity index (χ1) is 19.5. The van der Waals surface area contributed by atoms with Gasteiger partial charge in [-0.25, -0.2) is 23.1 Å². The summed E-state index contributed by atoms with van der Waals surface area (Å²) in [6.07, 6.45) is 1.05. The van der Waals surface area contributed by atoms with Gasteiger partial charge in [-0.2, -0.15) is 0 Å². The lowest BCUT2D eigenvalue weighted by atomic mass is 9.88. The molecule has 0 bridgehead atoms. The summed E-state index contributed by atoms with van der Waals surface area (Å²) in [4.78, 5) is 34.5.